The summed E-state index contributed by atoms with van der Waals surface area (Å²) in [5.41, 5.74) is 1.14. The van der Waals surface area contributed by atoms with Crippen LogP contribution in [0.3, 0.4) is 0 Å². The topological polar surface area (TPSA) is 41.8 Å². The van der Waals surface area contributed by atoms with Gasteiger partial charge in [-0.15, -0.1) is 0 Å². The van der Waals surface area contributed by atoms with E-state index < -0.39 is 10.0 Å². The Balaban J connectivity index is 1.98. The molecule has 1 heterocycles. The van der Waals surface area contributed by atoms with Gasteiger partial charge in [0.05, 0.1) is 38.1 Å². The first-order valence-electron chi connectivity index (χ1n) is 7.29. The van der Waals surface area contributed by atoms with Gasteiger partial charge in [-0.1, -0.05) is 29.8 Å². The molecule has 0 aromatic heterocycles. The van der Waals surface area contributed by atoms with E-state index in [0.29, 0.717) is 18.0 Å². The summed E-state index contributed by atoms with van der Waals surface area (Å²) in [5, 5.41) is 2.05. The summed E-state index contributed by atoms with van der Waals surface area (Å²) in [4.78, 5) is 1.79. The lowest BCUT2D eigenvalue weighted by Gasteiger charge is -2.29. The van der Waals surface area contributed by atoms with Crippen LogP contribution in [0.2, 0.25) is 0 Å². The SMILES string of the molecule is Cc1ccc2ccc(S(=O)(=O)N3CC[NH+](C)CC3)cc2c1. The first kappa shape index (κ1) is 14.5. The third kappa shape index (κ3) is 2.81. The number of hydrogen-bond acceptors (Lipinski definition) is 2. The van der Waals surface area contributed by atoms with Crippen LogP contribution in [0, 0.1) is 6.92 Å². The largest absolute Gasteiger partial charge is 0.335 e. The zero-order valence-corrected chi connectivity index (χ0v) is 13.3. The summed E-state index contributed by atoms with van der Waals surface area (Å²) >= 11 is 0. The Morgan fingerprint density at radius 1 is 1.00 bits per heavy atom. The molecule has 5 heteroatoms. The molecule has 112 valence electrons. The highest BCUT2D eigenvalue weighted by atomic mass is 32.2. The second-order valence-corrected chi connectivity index (χ2v) is 7.81. The van der Waals surface area contributed by atoms with Crippen LogP contribution in [0.1, 0.15) is 5.56 Å². The van der Waals surface area contributed by atoms with Crippen LogP contribution in [0.4, 0.5) is 0 Å². The van der Waals surface area contributed by atoms with Gasteiger partial charge in [-0.05, 0) is 29.8 Å². The molecule has 3 rings (SSSR count). The maximum atomic E-state index is 12.7. The fourth-order valence-electron chi connectivity index (χ4n) is 2.76. The van der Waals surface area contributed by atoms with Gasteiger partial charge in [0.1, 0.15) is 0 Å². The smallest absolute Gasteiger partial charge is 0.243 e. The van der Waals surface area contributed by atoms with Crippen LogP contribution in [-0.2, 0) is 10.0 Å². The Morgan fingerprint density at radius 2 is 1.67 bits per heavy atom. The average molecular weight is 305 g/mol. The van der Waals surface area contributed by atoms with Crippen molar-refractivity contribution in [2.75, 3.05) is 33.2 Å². The van der Waals surface area contributed by atoms with Crippen LogP contribution in [0.25, 0.3) is 10.8 Å². The maximum Gasteiger partial charge on any atom is 0.243 e. The second kappa shape index (κ2) is 5.40. The standard InChI is InChI=1S/C16H20N2O2S/c1-13-3-4-14-5-6-16(12-15(14)11-13)21(19,20)18-9-7-17(2)8-10-18/h3-6,11-12H,7-10H2,1-2H3/p+1. The Morgan fingerprint density at radius 3 is 2.38 bits per heavy atom. The number of piperazine rings is 1. The molecular weight excluding hydrogens is 284 g/mol. The molecule has 0 amide bonds. The number of nitrogens with one attached hydrogen (secondary N) is 1. The summed E-state index contributed by atoms with van der Waals surface area (Å²) in [7, 11) is -1.27. The zero-order valence-electron chi connectivity index (χ0n) is 12.5. The third-order valence-corrected chi connectivity index (χ3v) is 6.08. The molecule has 2 aromatic rings. The summed E-state index contributed by atoms with van der Waals surface area (Å²) in [6, 6.07) is 11.5. The van der Waals surface area contributed by atoms with Gasteiger partial charge < -0.3 is 4.90 Å². The van der Waals surface area contributed by atoms with E-state index in [2.05, 4.69) is 7.05 Å². The van der Waals surface area contributed by atoms with Crippen LogP contribution < -0.4 is 4.90 Å². The first-order valence-corrected chi connectivity index (χ1v) is 8.73. The van der Waals surface area contributed by atoms with Crippen molar-refractivity contribution in [3.05, 3.63) is 42.0 Å². The molecule has 1 saturated heterocycles. The molecule has 0 saturated carbocycles. The predicted octanol–water partition coefficient (Wildman–Crippen LogP) is 0.667. The normalized spacial score (nSPS) is 18.2. The number of fused-ring (bicyclic) bond motifs is 1. The molecule has 2 aromatic carbocycles. The Hall–Kier alpha value is -1.43. The Labute approximate surface area is 126 Å². The lowest BCUT2D eigenvalue weighted by Crippen LogP contribution is -3.12. The molecule has 0 atom stereocenters. The number of benzene rings is 2. The van der Waals surface area contributed by atoms with Crippen LogP contribution in [0.5, 0.6) is 0 Å². The minimum Gasteiger partial charge on any atom is -0.335 e. The molecule has 1 fully saturated rings. The summed E-state index contributed by atoms with van der Waals surface area (Å²) < 4.78 is 27.1. The summed E-state index contributed by atoms with van der Waals surface area (Å²) in [6.45, 7) is 4.95. The van der Waals surface area contributed by atoms with E-state index in [4.69, 9.17) is 0 Å². The number of sulfonamides is 1. The number of rotatable bonds is 2. The van der Waals surface area contributed by atoms with Crippen molar-refractivity contribution < 1.29 is 13.3 Å². The van der Waals surface area contributed by atoms with E-state index in [1.165, 1.54) is 4.90 Å². The van der Waals surface area contributed by atoms with Gasteiger partial charge in [-0.2, -0.15) is 4.31 Å². The Bertz CT molecular complexity index is 763. The van der Waals surface area contributed by atoms with Crippen molar-refractivity contribution in [2.24, 2.45) is 0 Å². The highest BCUT2D eigenvalue weighted by Crippen LogP contribution is 2.22. The van der Waals surface area contributed by atoms with Crippen LogP contribution >= 0.6 is 0 Å². The van der Waals surface area contributed by atoms with Gasteiger partial charge >= 0.3 is 0 Å². The van der Waals surface area contributed by atoms with Gasteiger partial charge in [-0.3, -0.25) is 0 Å². The molecule has 1 N–H and O–H groups in total. The lowest BCUT2D eigenvalue weighted by atomic mass is 10.1. The number of likely N-dealkylation sites (N-methyl/N-ethyl adjacent to an activating group) is 1. The van der Waals surface area contributed by atoms with Crippen LogP contribution in [-0.4, -0.2) is 45.9 Å². The molecular formula is C16H21N2O2S+. The molecule has 0 radical (unpaired) electrons. The van der Waals surface area contributed by atoms with E-state index >= 15 is 0 Å². The van der Waals surface area contributed by atoms with E-state index in [-0.39, 0.29) is 0 Å². The highest BCUT2D eigenvalue weighted by Gasteiger charge is 2.29. The van der Waals surface area contributed by atoms with E-state index in [1.54, 1.807) is 16.4 Å². The molecule has 1 aliphatic heterocycles. The van der Waals surface area contributed by atoms with E-state index in [0.717, 1.165) is 29.4 Å². The van der Waals surface area contributed by atoms with Crippen molar-refractivity contribution in [2.45, 2.75) is 11.8 Å². The zero-order chi connectivity index (χ0) is 15.0. The molecule has 0 spiro atoms. The number of aryl methyl sites for hydroxylation is 1. The maximum absolute atomic E-state index is 12.7. The van der Waals surface area contributed by atoms with Crippen molar-refractivity contribution in [1.82, 2.24) is 4.31 Å². The first-order chi connectivity index (χ1) is 9.96. The summed E-state index contributed by atoms with van der Waals surface area (Å²) in [5.74, 6) is 0. The average Bonchev–Trinajstić information content (AvgIpc) is 2.47. The van der Waals surface area contributed by atoms with Crippen LogP contribution in [0.15, 0.2) is 41.3 Å². The second-order valence-electron chi connectivity index (χ2n) is 5.87. The van der Waals surface area contributed by atoms with Crippen molar-refractivity contribution in [3.63, 3.8) is 0 Å². The number of hydrogen-bond donors (Lipinski definition) is 1. The fourth-order valence-corrected chi connectivity index (χ4v) is 4.24. The minimum atomic E-state index is -3.37. The highest BCUT2D eigenvalue weighted by molar-refractivity contribution is 7.89. The van der Waals surface area contributed by atoms with Crippen molar-refractivity contribution in [3.8, 4) is 0 Å². The van der Waals surface area contributed by atoms with E-state index in [9.17, 15) is 8.42 Å². The summed E-state index contributed by atoms with van der Waals surface area (Å²) in [6.07, 6.45) is 0. The van der Waals surface area contributed by atoms with Gasteiger partial charge in [0.25, 0.3) is 0 Å². The van der Waals surface area contributed by atoms with Crippen molar-refractivity contribution >= 4 is 20.8 Å². The number of quaternary nitrogens is 1. The monoisotopic (exact) mass is 305 g/mol. The third-order valence-electron chi connectivity index (χ3n) is 4.18. The number of nitrogens with zero attached hydrogens (tertiary/aromatic N) is 1. The van der Waals surface area contributed by atoms with Gasteiger partial charge in [-0.25, -0.2) is 8.42 Å². The molecule has 0 unspecified atom stereocenters. The predicted molar refractivity (Wildman–Crippen MR) is 84.1 cm³/mol. The molecule has 0 aliphatic carbocycles. The quantitative estimate of drug-likeness (QED) is 0.886. The minimum absolute atomic E-state index is 0.403. The van der Waals surface area contributed by atoms with Gasteiger partial charge in [0, 0.05) is 0 Å². The molecule has 21 heavy (non-hydrogen) atoms. The lowest BCUT2D eigenvalue weighted by molar-refractivity contribution is -0.883. The Kier molecular flexibility index (Phi) is 3.73. The molecule has 4 nitrogen and oxygen atoms in total. The van der Waals surface area contributed by atoms with E-state index in [1.807, 2.05) is 31.2 Å². The molecule has 0 bridgehead atoms. The van der Waals surface area contributed by atoms with Crippen molar-refractivity contribution in [1.29, 1.82) is 0 Å². The fraction of sp³-hybridized carbons (Fsp3) is 0.375. The van der Waals surface area contributed by atoms with Gasteiger partial charge in [0.15, 0.2) is 0 Å². The molecule has 1 aliphatic rings. The van der Waals surface area contributed by atoms with Gasteiger partial charge in [0.2, 0.25) is 10.0 Å².